The molecule has 1 rings (SSSR count). The Labute approximate surface area is 125 Å². The second-order valence-corrected chi connectivity index (χ2v) is 5.14. The monoisotopic (exact) mass is 267 g/mol. The van der Waals surface area contributed by atoms with E-state index in [0.29, 0.717) is 6.54 Å². The van der Waals surface area contributed by atoms with E-state index < -0.39 is 10.1 Å². The fourth-order valence-electron chi connectivity index (χ4n) is 1.48. The van der Waals surface area contributed by atoms with E-state index in [1.165, 1.54) is 12.1 Å². The van der Waals surface area contributed by atoms with Gasteiger partial charge in [-0.15, -0.1) is 0 Å². The van der Waals surface area contributed by atoms with E-state index in [9.17, 15) is 8.42 Å². The van der Waals surface area contributed by atoms with Gasteiger partial charge in [-0.3, -0.25) is 4.55 Å². The van der Waals surface area contributed by atoms with Gasteiger partial charge in [-0.05, 0) is 43.5 Å². The number of nitrogens with two attached hydrogens (primary N) is 1. The van der Waals surface area contributed by atoms with Crippen LogP contribution in [0.5, 0.6) is 0 Å². The number of benzene rings is 1. The predicted molar refractivity (Wildman–Crippen MR) is 70.0 cm³/mol. The van der Waals surface area contributed by atoms with E-state index in [-0.39, 0.29) is 34.5 Å². The molecule has 0 bridgehead atoms. The summed E-state index contributed by atoms with van der Waals surface area (Å²) in [7, 11) is -4.07. The molecule has 0 saturated heterocycles. The summed E-state index contributed by atoms with van der Waals surface area (Å²) >= 11 is 0. The standard InChI is InChI=1S/C11H17NO3S.Na.H/c12-9-3-1-2-4-10-5-7-11(8-6-10)16(13,14)15;;/h5-8H,1-4,9,12H2,(H,13,14,15);;. The molecule has 0 atom stereocenters. The molecule has 0 aliphatic rings. The van der Waals surface area contributed by atoms with Gasteiger partial charge in [0.05, 0.1) is 4.90 Å². The molecule has 0 spiro atoms. The minimum absolute atomic E-state index is 0. The van der Waals surface area contributed by atoms with E-state index >= 15 is 0 Å². The predicted octanol–water partition coefficient (Wildman–Crippen LogP) is 0.956. The molecule has 92 valence electrons. The third-order valence-corrected chi connectivity index (χ3v) is 3.26. The summed E-state index contributed by atoms with van der Waals surface area (Å²) in [5.74, 6) is 0. The van der Waals surface area contributed by atoms with Crippen molar-refractivity contribution in [3.63, 3.8) is 0 Å². The quantitative estimate of drug-likeness (QED) is 0.457. The topological polar surface area (TPSA) is 80.4 Å². The van der Waals surface area contributed by atoms with Gasteiger partial charge in [-0.25, -0.2) is 0 Å². The van der Waals surface area contributed by atoms with Crippen LogP contribution in [0.25, 0.3) is 0 Å². The first-order valence-corrected chi connectivity index (χ1v) is 6.74. The van der Waals surface area contributed by atoms with Crippen LogP contribution in [-0.2, 0) is 16.5 Å². The maximum atomic E-state index is 10.8. The van der Waals surface area contributed by atoms with Crippen LogP contribution >= 0.6 is 0 Å². The van der Waals surface area contributed by atoms with E-state index in [2.05, 4.69) is 0 Å². The van der Waals surface area contributed by atoms with Crippen LogP contribution in [-0.4, -0.2) is 49.1 Å². The zero-order valence-corrected chi connectivity index (χ0v) is 9.91. The van der Waals surface area contributed by atoms with E-state index in [0.717, 1.165) is 31.2 Å². The van der Waals surface area contributed by atoms with Crippen LogP contribution < -0.4 is 5.73 Å². The molecule has 17 heavy (non-hydrogen) atoms. The number of aryl methyl sites for hydroxylation is 1. The van der Waals surface area contributed by atoms with Gasteiger partial charge in [-0.2, -0.15) is 8.42 Å². The Morgan fingerprint density at radius 2 is 1.65 bits per heavy atom. The average Bonchev–Trinajstić information content (AvgIpc) is 2.24. The number of hydrogen-bond donors (Lipinski definition) is 2. The van der Waals surface area contributed by atoms with Crippen LogP contribution in [0.4, 0.5) is 0 Å². The Bertz CT molecular complexity index is 417. The van der Waals surface area contributed by atoms with Gasteiger partial charge in [0.1, 0.15) is 0 Å². The Morgan fingerprint density at radius 3 is 2.12 bits per heavy atom. The van der Waals surface area contributed by atoms with Crippen LogP contribution in [0.15, 0.2) is 29.2 Å². The third kappa shape index (κ3) is 6.55. The van der Waals surface area contributed by atoms with Gasteiger partial charge in [-0.1, -0.05) is 18.6 Å². The number of hydrogen-bond acceptors (Lipinski definition) is 3. The molecule has 0 aliphatic carbocycles. The molecule has 4 nitrogen and oxygen atoms in total. The summed E-state index contributed by atoms with van der Waals surface area (Å²) in [6.45, 7) is 0.710. The molecule has 0 aliphatic heterocycles. The van der Waals surface area contributed by atoms with E-state index in [1.54, 1.807) is 12.1 Å². The first kappa shape index (κ1) is 17.1. The van der Waals surface area contributed by atoms with Crippen molar-refractivity contribution in [1.82, 2.24) is 0 Å². The van der Waals surface area contributed by atoms with Gasteiger partial charge < -0.3 is 5.73 Å². The Morgan fingerprint density at radius 1 is 1.06 bits per heavy atom. The van der Waals surface area contributed by atoms with Crippen molar-refractivity contribution in [2.75, 3.05) is 6.54 Å². The molecule has 1 aromatic carbocycles. The van der Waals surface area contributed by atoms with E-state index in [4.69, 9.17) is 10.3 Å². The third-order valence-electron chi connectivity index (χ3n) is 2.39. The molecular weight excluding hydrogens is 249 g/mol. The summed E-state index contributed by atoms with van der Waals surface area (Å²) in [5.41, 5.74) is 6.45. The SMILES string of the molecule is NCCCCCc1ccc(S(=O)(=O)O)cc1.[NaH]. The zero-order valence-electron chi connectivity index (χ0n) is 9.09. The van der Waals surface area contributed by atoms with Crippen molar-refractivity contribution in [2.45, 2.75) is 30.6 Å². The summed E-state index contributed by atoms with van der Waals surface area (Å²) in [4.78, 5) is -0.0572. The van der Waals surface area contributed by atoms with Gasteiger partial charge in [0.25, 0.3) is 10.1 Å². The fourth-order valence-corrected chi connectivity index (χ4v) is 1.96. The second kappa shape index (κ2) is 8.24. The van der Waals surface area contributed by atoms with Crippen LogP contribution in [0.2, 0.25) is 0 Å². The van der Waals surface area contributed by atoms with Crippen LogP contribution in [0, 0.1) is 0 Å². The Balaban J connectivity index is 0.00000256. The average molecular weight is 267 g/mol. The summed E-state index contributed by atoms with van der Waals surface area (Å²) in [6.07, 6.45) is 4.05. The molecule has 0 unspecified atom stereocenters. The van der Waals surface area contributed by atoms with E-state index in [1.807, 2.05) is 0 Å². The molecule has 0 fully saturated rings. The van der Waals surface area contributed by atoms with Gasteiger partial charge in [0.2, 0.25) is 0 Å². The summed E-state index contributed by atoms with van der Waals surface area (Å²) in [6, 6.07) is 6.30. The van der Waals surface area contributed by atoms with Crippen molar-refractivity contribution in [3.05, 3.63) is 29.8 Å². The first-order valence-electron chi connectivity index (χ1n) is 5.30. The summed E-state index contributed by atoms with van der Waals surface area (Å²) in [5, 5.41) is 0. The molecule has 0 heterocycles. The van der Waals surface area contributed by atoms with Gasteiger partial charge in [0, 0.05) is 0 Å². The van der Waals surface area contributed by atoms with Gasteiger partial charge >= 0.3 is 29.6 Å². The molecule has 0 aromatic heterocycles. The molecule has 0 radical (unpaired) electrons. The molecule has 1 aromatic rings. The van der Waals surface area contributed by atoms with Crippen molar-refractivity contribution < 1.29 is 13.0 Å². The molecule has 6 heteroatoms. The first-order chi connectivity index (χ1) is 7.54. The Hall–Kier alpha value is 0.0900. The normalized spacial score (nSPS) is 10.9. The van der Waals surface area contributed by atoms with Crippen molar-refractivity contribution >= 4 is 39.7 Å². The van der Waals surface area contributed by atoms with Crippen molar-refractivity contribution in [2.24, 2.45) is 5.73 Å². The molecule has 0 amide bonds. The Kier molecular flexibility index (Phi) is 8.28. The van der Waals surface area contributed by atoms with Crippen LogP contribution in [0.1, 0.15) is 24.8 Å². The van der Waals surface area contributed by atoms with Crippen LogP contribution in [0.3, 0.4) is 0 Å². The molecule has 0 saturated carbocycles. The fraction of sp³-hybridized carbons (Fsp3) is 0.455. The van der Waals surface area contributed by atoms with Gasteiger partial charge in [0.15, 0.2) is 0 Å². The summed E-state index contributed by atoms with van der Waals surface area (Å²) < 4.78 is 30.4. The maximum absolute atomic E-state index is 10.8. The zero-order chi connectivity index (χ0) is 12.0. The number of unbranched alkanes of at least 4 members (excludes halogenated alkanes) is 2. The molecule has 3 N–H and O–H groups in total. The second-order valence-electron chi connectivity index (χ2n) is 3.72. The molecular formula is C11H18NNaO3S. The van der Waals surface area contributed by atoms with Crippen molar-refractivity contribution in [1.29, 1.82) is 0 Å². The number of rotatable bonds is 6. The van der Waals surface area contributed by atoms with Crippen molar-refractivity contribution in [3.8, 4) is 0 Å². The minimum atomic E-state index is -4.07.